The van der Waals surface area contributed by atoms with Crippen molar-refractivity contribution in [1.29, 1.82) is 0 Å². The number of rotatable bonds is 23. The number of benzene rings is 3. The van der Waals surface area contributed by atoms with E-state index in [2.05, 4.69) is 117 Å². The molecule has 3 aliphatic rings. The van der Waals surface area contributed by atoms with Crippen LogP contribution < -0.4 is 16.0 Å². The van der Waals surface area contributed by atoms with Gasteiger partial charge in [0, 0.05) is 102 Å². The highest BCUT2D eigenvalue weighted by molar-refractivity contribution is 9.10. The second-order valence-electron chi connectivity index (χ2n) is 24.1. The number of carbonyl (C=O) groups excluding carboxylic acids is 3. The van der Waals surface area contributed by atoms with Crippen LogP contribution in [0.4, 0.5) is 4.39 Å². The van der Waals surface area contributed by atoms with Gasteiger partial charge in [-0.25, -0.2) is 4.39 Å². The van der Waals surface area contributed by atoms with Crippen LogP contribution in [0.25, 0.3) is 34.0 Å². The number of carbonyl (C=O) groups is 3. The minimum absolute atomic E-state index is 0.00103. The van der Waals surface area contributed by atoms with Gasteiger partial charge >= 0.3 is 0 Å². The van der Waals surface area contributed by atoms with Crippen molar-refractivity contribution in [2.75, 3.05) is 19.6 Å². The van der Waals surface area contributed by atoms with Crippen LogP contribution in [-0.2, 0) is 34.0 Å². The molecule has 0 bridgehead atoms. The third kappa shape index (κ3) is 15.2. The van der Waals surface area contributed by atoms with Gasteiger partial charge in [-0.15, -0.1) is 0 Å². The third-order valence-corrected chi connectivity index (χ3v) is 17.5. The van der Waals surface area contributed by atoms with E-state index in [0.29, 0.717) is 98.4 Å². The van der Waals surface area contributed by atoms with E-state index in [9.17, 15) is 18.8 Å². The van der Waals surface area contributed by atoms with Gasteiger partial charge in [0.25, 0.3) is 0 Å². The van der Waals surface area contributed by atoms with E-state index in [4.69, 9.17) is 25.2 Å². The number of nitrogens with zero attached hydrogens (tertiary/aromatic N) is 6. The Kier molecular flexibility index (Phi) is 19.5. The molecule has 3 saturated heterocycles. The normalized spacial score (nSPS) is 23.0. The highest BCUT2D eigenvalue weighted by atomic mass is 79.9. The molecule has 3 fully saturated rings. The molecule has 3 aromatic carbocycles. The molecule has 10 atom stereocenters. The molecule has 3 aromatic heterocycles. The van der Waals surface area contributed by atoms with Crippen LogP contribution in [0.5, 0.6) is 0 Å². The zero-order valence-corrected chi connectivity index (χ0v) is 49.7. The van der Waals surface area contributed by atoms with E-state index in [1.54, 1.807) is 12.1 Å². The van der Waals surface area contributed by atoms with Gasteiger partial charge in [0.1, 0.15) is 5.82 Å². The summed E-state index contributed by atoms with van der Waals surface area (Å²) in [5.74, 6) is 2.80. The van der Waals surface area contributed by atoms with Gasteiger partial charge in [-0.3, -0.25) is 29.1 Å². The lowest BCUT2D eigenvalue weighted by Gasteiger charge is -2.43. The molecule has 0 saturated carbocycles. The van der Waals surface area contributed by atoms with Gasteiger partial charge in [-0.2, -0.15) is 0 Å². The van der Waals surface area contributed by atoms with E-state index in [1.807, 2.05) is 66.7 Å². The fraction of sp³-hybridized carbons (Fsp3) is 0.516. The lowest BCUT2D eigenvalue weighted by molar-refractivity contribution is -0.133. The number of nitrogens with one attached hydrogen (secondary N) is 3. The molecule has 428 valence electrons. The summed E-state index contributed by atoms with van der Waals surface area (Å²) in [6, 6.07) is 25.9. The van der Waals surface area contributed by atoms with Crippen LogP contribution in [0.2, 0.25) is 5.02 Å². The Morgan fingerprint density at radius 3 is 1.20 bits per heavy atom. The first-order chi connectivity index (χ1) is 38.3. The molecule has 15 nitrogen and oxygen atoms in total. The molecule has 0 radical (unpaired) electrons. The van der Waals surface area contributed by atoms with Gasteiger partial charge in [-0.05, 0) is 135 Å². The maximum absolute atomic E-state index is 14.7. The third-order valence-electron chi connectivity index (χ3n) is 16.7. The van der Waals surface area contributed by atoms with Crippen LogP contribution in [0.15, 0.2) is 109 Å². The molecule has 3 N–H and O–H groups in total. The Morgan fingerprint density at radius 1 is 0.500 bits per heavy atom. The Hall–Kier alpha value is -5.72. The predicted octanol–water partition coefficient (Wildman–Crippen LogP) is 11.8. The molecular weight excluding hydrogens is 1100 g/mol. The number of aromatic nitrogens is 3. The summed E-state index contributed by atoms with van der Waals surface area (Å²) in [5, 5.41) is 24.1. The van der Waals surface area contributed by atoms with Gasteiger partial charge in [-0.1, -0.05) is 111 Å². The summed E-state index contributed by atoms with van der Waals surface area (Å²) in [6.07, 6.45) is 4.25. The molecule has 80 heavy (non-hydrogen) atoms. The minimum Gasteiger partial charge on any atom is -0.356 e. The van der Waals surface area contributed by atoms with Gasteiger partial charge in [0.2, 0.25) is 17.7 Å². The lowest BCUT2D eigenvalue weighted by atomic mass is 9.81. The second kappa shape index (κ2) is 26.5. The van der Waals surface area contributed by atoms with E-state index in [-0.39, 0.29) is 71.4 Å². The molecule has 0 spiro atoms. The first kappa shape index (κ1) is 58.9. The molecule has 0 aliphatic carbocycles. The first-order valence-electron chi connectivity index (χ1n) is 28.6. The van der Waals surface area contributed by atoms with E-state index >= 15 is 0 Å². The quantitative estimate of drug-likeness (QED) is 0.0555. The van der Waals surface area contributed by atoms with Gasteiger partial charge in [0.15, 0.2) is 17.3 Å². The van der Waals surface area contributed by atoms with Crippen molar-refractivity contribution in [2.45, 2.75) is 150 Å². The van der Waals surface area contributed by atoms with Crippen molar-refractivity contribution in [3.05, 3.63) is 123 Å². The number of halogens is 3. The molecule has 9 rings (SSSR count). The molecule has 3 aliphatic heterocycles. The van der Waals surface area contributed by atoms with E-state index in [0.717, 1.165) is 51.8 Å². The monoisotopic (exact) mass is 1180 g/mol. The summed E-state index contributed by atoms with van der Waals surface area (Å²) in [4.78, 5) is 49.5. The van der Waals surface area contributed by atoms with Crippen molar-refractivity contribution in [1.82, 2.24) is 46.1 Å². The summed E-state index contributed by atoms with van der Waals surface area (Å²) in [6.45, 7) is 20.7. The number of hydrogen-bond donors (Lipinski definition) is 3. The Morgan fingerprint density at radius 2 is 0.825 bits per heavy atom. The van der Waals surface area contributed by atoms with E-state index in [1.165, 1.54) is 12.1 Å². The fourth-order valence-corrected chi connectivity index (χ4v) is 12.4. The molecular formula is C62H78BrClFN9O6. The SMILES string of the molecule is CC(C)CC1CN(Cc2cc(-c3ccc(F)cc3)on2)C(CC(C)C(C)CC2CN(Cc3cc(-c4ccc(Cl)cc4)on3)C(CC(C)C(C)CC3CN(Cc4cc(-c5ccc(Br)cc5)on4)C(CC(C)C)C(=O)N3)C(=O)N2)C(=O)N1. The summed E-state index contributed by atoms with van der Waals surface area (Å²) in [7, 11) is 0. The van der Waals surface area contributed by atoms with Crippen LogP contribution >= 0.6 is 27.5 Å². The van der Waals surface area contributed by atoms with Crippen LogP contribution in [0.1, 0.15) is 111 Å². The highest BCUT2D eigenvalue weighted by Gasteiger charge is 2.41. The lowest BCUT2D eigenvalue weighted by Crippen LogP contribution is -2.61. The summed E-state index contributed by atoms with van der Waals surface area (Å²) >= 11 is 9.73. The number of piperazine rings is 3. The van der Waals surface area contributed by atoms with Crippen molar-refractivity contribution < 1.29 is 32.3 Å². The maximum Gasteiger partial charge on any atom is 0.237 e. The largest absolute Gasteiger partial charge is 0.356 e. The standard InChI is InChI=1S/C62H78BrClFN9O6/c1-36(2)21-48-30-73(34-53-29-59(80-71-53)44-13-19-47(65)20-14-44)55(61(76)66-48)25-40(7)39(6)24-50-32-74(35-52-28-58(79-70-52)43-11-17-46(64)18-12-43)56(62(77)68-50)26-41(8)38(5)23-49-31-72(54(22-37(3)4)60(75)67-49)33-51-27-57(78-69-51)42-9-15-45(63)16-10-42/h9-20,27-29,36-41,48-50,54-56H,21-26,30-35H2,1-8H3,(H,66,76)(H,67,75)(H,68,77). The average molecular weight is 1180 g/mol. The van der Waals surface area contributed by atoms with Crippen molar-refractivity contribution >= 4 is 45.3 Å². The Balaban J connectivity index is 0.869. The van der Waals surface area contributed by atoms with E-state index < -0.39 is 12.1 Å². The first-order valence-corrected chi connectivity index (χ1v) is 29.8. The second-order valence-corrected chi connectivity index (χ2v) is 25.5. The van der Waals surface area contributed by atoms with Crippen LogP contribution in [-0.4, -0.2) is 104 Å². The summed E-state index contributed by atoms with van der Waals surface area (Å²) in [5.41, 5.74) is 4.73. The predicted molar refractivity (Wildman–Crippen MR) is 311 cm³/mol. The highest BCUT2D eigenvalue weighted by Crippen LogP contribution is 2.34. The number of hydrogen-bond acceptors (Lipinski definition) is 12. The maximum atomic E-state index is 14.7. The van der Waals surface area contributed by atoms with Crippen LogP contribution in [0.3, 0.4) is 0 Å². The Labute approximate surface area is 483 Å². The molecule has 18 heteroatoms. The zero-order chi connectivity index (χ0) is 56.8. The van der Waals surface area contributed by atoms with Crippen molar-refractivity contribution in [3.8, 4) is 34.0 Å². The average Bonchev–Trinajstić information content (AvgIpc) is 4.21. The molecule has 10 unspecified atom stereocenters. The molecule has 3 amide bonds. The van der Waals surface area contributed by atoms with Gasteiger partial charge < -0.3 is 29.5 Å². The summed E-state index contributed by atoms with van der Waals surface area (Å²) < 4.78 is 32.1. The number of amides is 3. The minimum atomic E-state index is -0.439. The topological polar surface area (TPSA) is 175 Å². The van der Waals surface area contributed by atoms with Gasteiger partial charge in [0.05, 0.1) is 35.2 Å². The molecule has 6 heterocycles. The molecule has 6 aromatic rings. The smallest absolute Gasteiger partial charge is 0.237 e. The Bertz CT molecular complexity index is 3000. The fourth-order valence-electron chi connectivity index (χ4n) is 12.0. The zero-order valence-electron chi connectivity index (χ0n) is 47.3. The van der Waals surface area contributed by atoms with Crippen molar-refractivity contribution in [3.63, 3.8) is 0 Å². The van der Waals surface area contributed by atoms with Crippen molar-refractivity contribution in [2.24, 2.45) is 35.5 Å². The van der Waals surface area contributed by atoms with Crippen LogP contribution in [0, 0.1) is 41.3 Å².